The largest absolute Gasteiger partial charge is 0.477 e. The van der Waals surface area contributed by atoms with E-state index in [1.165, 1.54) is 6.07 Å². The van der Waals surface area contributed by atoms with Crippen LogP contribution in [0.3, 0.4) is 0 Å². The number of hydrogen-bond donors (Lipinski definition) is 1. The molecule has 20 heavy (non-hydrogen) atoms. The number of hydrogen-bond acceptors (Lipinski definition) is 3. The van der Waals surface area contributed by atoms with Crippen molar-refractivity contribution in [1.82, 2.24) is 0 Å². The van der Waals surface area contributed by atoms with E-state index in [9.17, 15) is 14.3 Å². The van der Waals surface area contributed by atoms with E-state index < -0.39 is 11.8 Å². The Morgan fingerprint density at radius 3 is 2.90 bits per heavy atom. The zero-order valence-electron chi connectivity index (χ0n) is 11.3. The highest BCUT2D eigenvalue weighted by atomic mass is 32.1. The Balaban J connectivity index is 2.24. The number of unbranched alkanes of at least 4 members (excludes halogenated alkanes) is 2. The number of fused-ring (bicyclic) bond motifs is 1. The first kappa shape index (κ1) is 14.9. The number of benzene rings is 1. The van der Waals surface area contributed by atoms with Crippen LogP contribution in [-0.4, -0.2) is 17.7 Å². The van der Waals surface area contributed by atoms with E-state index in [1.807, 2.05) is 0 Å². The first-order valence-corrected chi connectivity index (χ1v) is 7.47. The quantitative estimate of drug-likeness (QED) is 0.768. The summed E-state index contributed by atoms with van der Waals surface area (Å²) in [6.07, 6.45) is 3.10. The first-order valence-electron chi connectivity index (χ1n) is 6.66. The van der Waals surface area contributed by atoms with Crippen LogP contribution in [0.5, 0.6) is 0 Å². The number of carbonyl (C=O) groups is 1. The van der Waals surface area contributed by atoms with E-state index in [1.54, 1.807) is 12.1 Å². The van der Waals surface area contributed by atoms with E-state index in [2.05, 4.69) is 6.92 Å². The summed E-state index contributed by atoms with van der Waals surface area (Å²) in [7, 11) is 0. The normalized spacial score (nSPS) is 11.1. The molecule has 5 heteroatoms. The molecule has 0 aliphatic carbocycles. The number of rotatable bonds is 7. The molecule has 1 aromatic carbocycles. The summed E-state index contributed by atoms with van der Waals surface area (Å²) in [5.41, 5.74) is 0.451. The van der Waals surface area contributed by atoms with Gasteiger partial charge in [-0.15, -0.1) is 11.3 Å². The maximum absolute atomic E-state index is 13.9. The van der Waals surface area contributed by atoms with Crippen molar-refractivity contribution < 1.29 is 19.0 Å². The lowest BCUT2D eigenvalue weighted by atomic mass is 10.1. The van der Waals surface area contributed by atoms with Gasteiger partial charge in [-0.2, -0.15) is 0 Å². The molecule has 0 spiro atoms. The Morgan fingerprint density at radius 1 is 1.40 bits per heavy atom. The molecule has 108 valence electrons. The molecule has 0 aliphatic rings. The average Bonchev–Trinajstić information content (AvgIpc) is 2.79. The minimum absolute atomic E-state index is 0.145. The minimum atomic E-state index is -1.03. The molecule has 0 radical (unpaired) electrons. The summed E-state index contributed by atoms with van der Waals surface area (Å²) in [6.45, 7) is 2.81. The van der Waals surface area contributed by atoms with E-state index in [0.717, 1.165) is 30.6 Å². The molecule has 0 aliphatic heterocycles. The lowest BCUT2D eigenvalue weighted by molar-refractivity contribution is 0.0693. The molecular formula is C15H17FO3S. The van der Waals surface area contributed by atoms with Crippen LogP contribution in [0.15, 0.2) is 18.2 Å². The van der Waals surface area contributed by atoms with Gasteiger partial charge in [-0.25, -0.2) is 9.18 Å². The fourth-order valence-corrected chi connectivity index (χ4v) is 3.17. The molecule has 0 atom stereocenters. The zero-order chi connectivity index (χ0) is 14.5. The molecule has 1 aromatic heterocycles. The van der Waals surface area contributed by atoms with Crippen LogP contribution in [0.2, 0.25) is 0 Å². The zero-order valence-corrected chi connectivity index (χ0v) is 12.1. The third-order valence-electron chi connectivity index (χ3n) is 3.10. The summed E-state index contributed by atoms with van der Waals surface area (Å²) in [4.78, 5) is 11.4. The summed E-state index contributed by atoms with van der Waals surface area (Å²) in [5.74, 6) is -1.42. The monoisotopic (exact) mass is 296 g/mol. The average molecular weight is 296 g/mol. The SMILES string of the molecule is CCCCCOCc1c(C(=O)O)sc2cccc(F)c12. The van der Waals surface area contributed by atoms with E-state index in [0.29, 0.717) is 22.3 Å². The third kappa shape index (κ3) is 3.16. The van der Waals surface area contributed by atoms with Crippen molar-refractivity contribution in [2.45, 2.75) is 32.8 Å². The molecule has 1 N–H and O–H groups in total. The van der Waals surface area contributed by atoms with Crippen molar-refractivity contribution in [3.05, 3.63) is 34.5 Å². The van der Waals surface area contributed by atoms with Gasteiger partial charge in [0.2, 0.25) is 0 Å². The lowest BCUT2D eigenvalue weighted by Gasteiger charge is -2.05. The number of ether oxygens (including phenoxy) is 1. The van der Waals surface area contributed by atoms with Gasteiger partial charge in [0.15, 0.2) is 0 Å². The van der Waals surface area contributed by atoms with E-state index in [4.69, 9.17) is 4.74 Å². The van der Waals surface area contributed by atoms with Crippen molar-refractivity contribution in [2.24, 2.45) is 0 Å². The van der Waals surface area contributed by atoms with E-state index >= 15 is 0 Å². The Morgan fingerprint density at radius 2 is 2.20 bits per heavy atom. The van der Waals surface area contributed by atoms with Gasteiger partial charge in [-0.05, 0) is 18.6 Å². The molecule has 0 amide bonds. The van der Waals surface area contributed by atoms with Crippen LogP contribution in [0.1, 0.15) is 41.4 Å². The van der Waals surface area contributed by atoms with Crippen LogP contribution in [-0.2, 0) is 11.3 Å². The first-order chi connectivity index (χ1) is 9.65. The molecule has 2 rings (SSSR count). The minimum Gasteiger partial charge on any atom is -0.477 e. The van der Waals surface area contributed by atoms with Gasteiger partial charge < -0.3 is 9.84 Å². The highest BCUT2D eigenvalue weighted by molar-refractivity contribution is 7.21. The van der Waals surface area contributed by atoms with Crippen molar-refractivity contribution in [1.29, 1.82) is 0 Å². The second-order valence-electron chi connectivity index (χ2n) is 4.59. The Hall–Kier alpha value is -1.46. The molecule has 2 aromatic rings. The van der Waals surface area contributed by atoms with E-state index in [-0.39, 0.29) is 11.5 Å². The van der Waals surface area contributed by atoms with Gasteiger partial charge in [-0.3, -0.25) is 0 Å². The maximum atomic E-state index is 13.9. The Bertz CT molecular complexity index is 606. The van der Waals surface area contributed by atoms with Crippen LogP contribution >= 0.6 is 11.3 Å². The molecular weight excluding hydrogens is 279 g/mol. The topological polar surface area (TPSA) is 46.5 Å². The van der Waals surface area contributed by atoms with Gasteiger partial charge in [0.1, 0.15) is 10.7 Å². The number of carboxylic acid groups (broad SMARTS) is 1. The molecule has 3 nitrogen and oxygen atoms in total. The highest BCUT2D eigenvalue weighted by Crippen LogP contribution is 2.33. The number of thiophene rings is 1. The van der Waals surface area contributed by atoms with Crippen LogP contribution in [0, 0.1) is 5.82 Å². The molecule has 0 saturated heterocycles. The second-order valence-corrected chi connectivity index (χ2v) is 5.64. The summed E-state index contributed by atoms with van der Waals surface area (Å²) < 4.78 is 20.1. The smallest absolute Gasteiger partial charge is 0.346 e. The van der Waals surface area contributed by atoms with Crippen molar-refractivity contribution >= 4 is 27.4 Å². The summed E-state index contributed by atoms with van der Waals surface area (Å²) in [6, 6.07) is 4.67. The van der Waals surface area contributed by atoms with Crippen LogP contribution in [0.4, 0.5) is 4.39 Å². The highest BCUT2D eigenvalue weighted by Gasteiger charge is 2.20. The molecule has 0 unspecified atom stereocenters. The fraction of sp³-hybridized carbons (Fsp3) is 0.400. The summed E-state index contributed by atoms with van der Waals surface area (Å²) in [5, 5.41) is 9.61. The molecule has 0 saturated carbocycles. The summed E-state index contributed by atoms with van der Waals surface area (Å²) >= 11 is 1.09. The maximum Gasteiger partial charge on any atom is 0.346 e. The fourth-order valence-electron chi connectivity index (χ4n) is 2.11. The van der Waals surface area contributed by atoms with Gasteiger partial charge in [0.05, 0.1) is 6.61 Å². The Kier molecular flexibility index (Phi) is 5.09. The Labute approximate surface area is 121 Å². The van der Waals surface area contributed by atoms with Crippen molar-refractivity contribution in [3.63, 3.8) is 0 Å². The van der Waals surface area contributed by atoms with Crippen molar-refractivity contribution in [3.8, 4) is 0 Å². The van der Waals surface area contributed by atoms with Crippen molar-refractivity contribution in [2.75, 3.05) is 6.61 Å². The van der Waals surface area contributed by atoms with Crippen LogP contribution < -0.4 is 0 Å². The molecule has 0 fully saturated rings. The number of carboxylic acids is 1. The number of aromatic carboxylic acids is 1. The standard InChI is InChI=1S/C15H17FO3S/c1-2-3-4-8-19-9-10-13-11(16)6-5-7-12(13)20-14(10)15(17)18/h5-7H,2-4,8-9H2,1H3,(H,17,18). The predicted molar refractivity (Wildman–Crippen MR) is 77.9 cm³/mol. The van der Waals surface area contributed by atoms with Crippen LogP contribution in [0.25, 0.3) is 10.1 Å². The molecule has 1 heterocycles. The van der Waals surface area contributed by atoms with Gasteiger partial charge in [0, 0.05) is 22.3 Å². The molecule has 0 bridgehead atoms. The van der Waals surface area contributed by atoms with Gasteiger partial charge in [-0.1, -0.05) is 25.8 Å². The lowest BCUT2D eigenvalue weighted by Crippen LogP contribution is -2.02. The second kappa shape index (κ2) is 6.81. The predicted octanol–water partition coefficient (Wildman–Crippen LogP) is 4.45. The number of halogens is 1. The third-order valence-corrected chi connectivity index (χ3v) is 4.28. The van der Waals surface area contributed by atoms with Gasteiger partial charge >= 0.3 is 5.97 Å². The van der Waals surface area contributed by atoms with Gasteiger partial charge in [0.25, 0.3) is 0 Å².